The summed E-state index contributed by atoms with van der Waals surface area (Å²) in [6.07, 6.45) is 3.54. The van der Waals surface area contributed by atoms with Crippen LogP contribution in [0.3, 0.4) is 0 Å². The predicted octanol–water partition coefficient (Wildman–Crippen LogP) is 4.81. The first-order valence-electron chi connectivity index (χ1n) is 13.2. The van der Waals surface area contributed by atoms with Crippen LogP contribution in [0.15, 0.2) is 28.7 Å². The smallest absolute Gasteiger partial charge is 0.355 e. The van der Waals surface area contributed by atoms with Crippen LogP contribution in [0.1, 0.15) is 34.6 Å². The number of nitrogens with one attached hydrogen (secondary N) is 2. The molecule has 41 heavy (non-hydrogen) atoms. The highest BCUT2D eigenvalue weighted by Crippen LogP contribution is 2.39. The van der Waals surface area contributed by atoms with Gasteiger partial charge in [0.05, 0.1) is 28.4 Å². The summed E-state index contributed by atoms with van der Waals surface area (Å²) < 4.78 is 61.0. The Labute approximate surface area is 238 Å². The zero-order chi connectivity index (χ0) is 29.9. The summed E-state index contributed by atoms with van der Waals surface area (Å²) in [5, 5.41) is 5.63. The third-order valence-corrected chi connectivity index (χ3v) is 7.75. The summed E-state index contributed by atoms with van der Waals surface area (Å²) >= 11 is 5.69. The number of nitrogen functional groups attached to an aromatic ring is 1. The lowest BCUT2D eigenvalue weighted by Crippen LogP contribution is -2.55. The molecule has 0 spiro atoms. The van der Waals surface area contributed by atoms with Crippen molar-refractivity contribution in [1.82, 2.24) is 25.2 Å². The second-order valence-electron chi connectivity index (χ2n) is 11.0. The number of nitrogens with two attached hydrogens (primary N) is 1. The second-order valence-corrected chi connectivity index (χ2v) is 11.3. The third kappa shape index (κ3) is 4.82. The Bertz CT molecular complexity index is 1650. The number of aromatic nitrogens is 3. The number of dihydropyridines is 1. The zero-order valence-electron chi connectivity index (χ0n) is 23.1. The van der Waals surface area contributed by atoms with Gasteiger partial charge in [-0.3, -0.25) is 0 Å². The molecule has 1 saturated heterocycles. The number of pyridine rings is 1. The molecule has 0 amide bonds. The van der Waals surface area contributed by atoms with Crippen molar-refractivity contribution >= 4 is 39.8 Å². The molecule has 1 fully saturated rings. The molecule has 218 valence electrons. The molecule has 0 saturated carbocycles. The molecule has 5 rings (SSSR count). The predicted molar refractivity (Wildman–Crippen MR) is 153 cm³/mol. The van der Waals surface area contributed by atoms with E-state index in [2.05, 4.69) is 20.6 Å². The first kappa shape index (κ1) is 28.9. The summed E-state index contributed by atoms with van der Waals surface area (Å²) in [5.74, 6) is -5.68. The van der Waals surface area contributed by atoms with Gasteiger partial charge >= 0.3 is 5.69 Å². The van der Waals surface area contributed by atoms with Crippen LogP contribution in [-0.2, 0) is 0 Å². The van der Waals surface area contributed by atoms with Gasteiger partial charge in [0.2, 0.25) is 0 Å². The van der Waals surface area contributed by atoms with Crippen molar-refractivity contribution in [1.29, 1.82) is 0 Å². The largest absolute Gasteiger partial charge is 0.396 e. The molecule has 3 aromatic rings. The van der Waals surface area contributed by atoms with E-state index in [4.69, 9.17) is 17.3 Å². The Morgan fingerprint density at radius 1 is 1.07 bits per heavy atom. The number of fused-ring (bicyclic) bond motifs is 1. The maximum atomic E-state index is 15.9. The fourth-order valence-electron chi connectivity index (χ4n) is 5.63. The minimum atomic E-state index is -1.70. The van der Waals surface area contributed by atoms with Gasteiger partial charge in [0, 0.05) is 25.2 Å². The van der Waals surface area contributed by atoms with Crippen molar-refractivity contribution in [2.75, 3.05) is 23.7 Å². The summed E-state index contributed by atoms with van der Waals surface area (Å²) in [6, 6.07) is 0.781. The zero-order valence-corrected chi connectivity index (χ0v) is 23.9. The molecule has 0 unspecified atom stereocenters. The van der Waals surface area contributed by atoms with Gasteiger partial charge in [0.15, 0.2) is 28.9 Å². The lowest BCUT2D eigenvalue weighted by molar-refractivity contribution is 0.405. The van der Waals surface area contributed by atoms with E-state index in [1.165, 1.54) is 4.57 Å². The van der Waals surface area contributed by atoms with E-state index in [0.29, 0.717) is 18.8 Å². The monoisotopic (exact) mass is 591 g/mol. The van der Waals surface area contributed by atoms with Crippen molar-refractivity contribution in [3.05, 3.63) is 62.7 Å². The van der Waals surface area contributed by atoms with Gasteiger partial charge in [0.1, 0.15) is 16.5 Å². The maximum Gasteiger partial charge on any atom is 0.355 e. The van der Waals surface area contributed by atoms with Crippen LogP contribution in [0.2, 0.25) is 5.02 Å². The summed E-state index contributed by atoms with van der Waals surface area (Å²) in [6.45, 7) is 10.6. The van der Waals surface area contributed by atoms with Gasteiger partial charge in [-0.15, -0.1) is 0 Å². The number of halogens is 5. The molecule has 4 N–H and O–H groups in total. The van der Waals surface area contributed by atoms with Gasteiger partial charge in [-0.1, -0.05) is 25.4 Å². The van der Waals surface area contributed by atoms with E-state index in [0.717, 1.165) is 11.6 Å². The number of anilines is 2. The van der Waals surface area contributed by atoms with Gasteiger partial charge in [-0.2, -0.15) is 4.98 Å². The average Bonchev–Trinajstić information content (AvgIpc) is 2.91. The molecule has 2 aliphatic rings. The Morgan fingerprint density at radius 2 is 1.73 bits per heavy atom. The van der Waals surface area contributed by atoms with Crippen LogP contribution in [0, 0.1) is 29.2 Å². The number of hydrogen-bond donors (Lipinski definition) is 3. The Balaban J connectivity index is 1.90. The standard InChI is InChI=1S/C28H30ClF4N7O/c1-11(2)23-25(12(3)6-7-35-23)40-27-15(26(38-28(40)41)39-9-13(4)36-14(5)10-39)8-16(30)24(37-27)17-19(31)18(29)20(32)21(33)22(17)34/h6-8,11,13-14,23,35-36H,9-10,34H2,1-5H3/t13-,14+,23-/m1/s1. The summed E-state index contributed by atoms with van der Waals surface area (Å²) in [4.78, 5) is 24.5. The third-order valence-electron chi connectivity index (χ3n) is 7.41. The SMILES string of the molecule is CC1=C(n2c(=O)nc(N3C[C@@H](C)N[C@@H](C)C3)c3cc(F)c(-c4c(N)c(F)c(F)c(Cl)c4F)nc32)[C@@H](C(C)C)NC=C1. The van der Waals surface area contributed by atoms with Crippen LogP contribution in [0.4, 0.5) is 29.1 Å². The molecule has 2 aromatic heterocycles. The molecule has 0 bridgehead atoms. The topological polar surface area (TPSA) is 101 Å². The van der Waals surface area contributed by atoms with Gasteiger partial charge in [-0.25, -0.2) is 31.9 Å². The molecule has 13 heteroatoms. The number of rotatable bonds is 4. The second kappa shape index (κ2) is 10.6. The number of benzene rings is 1. The highest BCUT2D eigenvalue weighted by Gasteiger charge is 2.32. The fraction of sp³-hybridized carbons (Fsp3) is 0.393. The molecule has 3 atom stereocenters. The van der Waals surface area contributed by atoms with Gasteiger partial charge in [-0.05, 0) is 50.6 Å². The van der Waals surface area contributed by atoms with Crippen LogP contribution in [-0.4, -0.2) is 45.8 Å². The van der Waals surface area contributed by atoms with E-state index in [1.54, 1.807) is 12.3 Å². The minimum absolute atomic E-state index is 0.000553. The molecular formula is C28H30ClF4N7O. The van der Waals surface area contributed by atoms with Gasteiger partial charge in [0.25, 0.3) is 0 Å². The van der Waals surface area contributed by atoms with Crippen LogP contribution in [0.5, 0.6) is 0 Å². The molecule has 2 aliphatic heterocycles. The van der Waals surface area contributed by atoms with E-state index in [1.807, 2.05) is 39.5 Å². The van der Waals surface area contributed by atoms with E-state index >= 15 is 8.78 Å². The Morgan fingerprint density at radius 3 is 2.37 bits per heavy atom. The fourth-order valence-corrected chi connectivity index (χ4v) is 5.81. The van der Waals surface area contributed by atoms with Crippen LogP contribution < -0.4 is 27.0 Å². The van der Waals surface area contributed by atoms with Crippen molar-refractivity contribution in [2.45, 2.75) is 52.7 Å². The lowest BCUT2D eigenvalue weighted by atomic mass is 9.95. The first-order chi connectivity index (χ1) is 19.3. The van der Waals surface area contributed by atoms with Crippen molar-refractivity contribution < 1.29 is 17.6 Å². The first-order valence-corrected chi connectivity index (χ1v) is 13.6. The molecule has 0 aliphatic carbocycles. The molecule has 0 radical (unpaired) electrons. The number of nitrogens with zero attached hydrogens (tertiary/aromatic N) is 4. The van der Waals surface area contributed by atoms with E-state index in [9.17, 15) is 13.6 Å². The number of hydrogen-bond acceptors (Lipinski definition) is 7. The summed E-state index contributed by atoms with van der Waals surface area (Å²) in [7, 11) is 0. The normalized spacial score (nSPS) is 21.2. The van der Waals surface area contributed by atoms with Crippen molar-refractivity contribution in [2.24, 2.45) is 5.92 Å². The number of piperazine rings is 1. The van der Waals surface area contributed by atoms with Gasteiger partial charge < -0.3 is 21.3 Å². The lowest BCUT2D eigenvalue weighted by Gasteiger charge is -2.37. The van der Waals surface area contributed by atoms with Crippen molar-refractivity contribution in [3.63, 3.8) is 0 Å². The minimum Gasteiger partial charge on any atom is -0.396 e. The quantitative estimate of drug-likeness (QED) is 0.173. The highest BCUT2D eigenvalue weighted by atomic mass is 35.5. The molecule has 1 aromatic carbocycles. The molecule has 8 nitrogen and oxygen atoms in total. The molecular weight excluding hydrogens is 562 g/mol. The highest BCUT2D eigenvalue weighted by molar-refractivity contribution is 6.31. The Kier molecular flexibility index (Phi) is 7.49. The number of allylic oxidation sites excluding steroid dienone is 2. The average molecular weight is 592 g/mol. The molecule has 4 heterocycles. The Hall–Kier alpha value is -3.64. The summed E-state index contributed by atoms with van der Waals surface area (Å²) in [5.41, 5.74) is 3.66. The van der Waals surface area contributed by atoms with E-state index < -0.39 is 50.9 Å². The van der Waals surface area contributed by atoms with Crippen LogP contribution in [0.25, 0.3) is 28.0 Å². The van der Waals surface area contributed by atoms with Crippen molar-refractivity contribution in [3.8, 4) is 11.3 Å². The van der Waals surface area contributed by atoms with Crippen LogP contribution >= 0.6 is 11.6 Å². The van der Waals surface area contributed by atoms with E-state index in [-0.39, 0.29) is 40.9 Å². The maximum absolute atomic E-state index is 15.9.